The first-order chi connectivity index (χ1) is 4.91. The van der Waals surface area contributed by atoms with E-state index in [1.807, 2.05) is 13.1 Å². The summed E-state index contributed by atoms with van der Waals surface area (Å²) in [6.45, 7) is 3.25. The Morgan fingerprint density at radius 3 is 2.70 bits per heavy atom. The van der Waals surface area contributed by atoms with Gasteiger partial charge in [-0.1, -0.05) is 6.42 Å². The van der Waals surface area contributed by atoms with Gasteiger partial charge in [0, 0.05) is 13.2 Å². The summed E-state index contributed by atoms with van der Waals surface area (Å²) < 4.78 is 0. The number of rotatable bonds is 6. The summed E-state index contributed by atoms with van der Waals surface area (Å²) in [7, 11) is 0. The van der Waals surface area contributed by atoms with Crippen molar-refractivity contribution in [2.75, 3.05) is 13.2 Å². The molecule has 0 aliphatic rings. The van der Waals surface area contributed by atoms with Crippen LogP contribution in [0.1, 0.15) is 32.6 Å². The third-order valence-corrected chi connectivity index (χ3v) is 1.30. The van der Waals surface area contributed by atoms with Crippen LogP contribution in [-0.2, 0) is 0 Å². The molecule has 0 aliphatic heterocycles. The zero-order valence-corrected chi connectivity index (χ0v) is 6.71. The number of aliphatic hydroxyl groups excluding tert-OH is 1. The average Bonchev–Trinajstić information content (AvgIpc) is 1.97. The number of hydrogen-bond donors (Lipinski definition) is 1. The maximum absolute atomic E-state index is 8.44. The lowest BCUT2D eigenvalue weighted by Crippen LogP contribution is -1.84. The normalized spacial score (nSPS) is 11.0. The number of hydrogen-bond acceptors (Lipinski definition) is 2. The van der Waals surface area contributed by atoms with E-state index in [1.54, 1.807) is 0 Å². The second-order valence-corrected chi connectivity index (χ2v) is 2.25. The highest BCUT2D eigenvalue weighted by Gasteiger charge is 1.84. The van der Waals surface area contributed by atoms with E-state index in [0.29, 0.717) is 6.61 Å². The van der Waals surface area contributed by atoms with Crippen LogP contribution in [0.5, 0.6) is 0 Å². The second kappa shape index (κ2) is 8.63. The topological polar surface area (TPSA) is 32.6 Å². The summed E-state index contributed by atoms with van der Waals surface area (Å²) in [6, 6.07) is 0. The Balaban J connectivity index is 2.83. The SMILES string of the molecule is CCN=CCCCCCO. The minimum Gasteiger partial charge on any atom is -0.396 e. The first-order valence-electron chi connectivity index (χ1n) is 4.01. The van der Waals surface area contributed by atoms with Gasteiger partial charge in [-0.2, -0.15) is 0 Å². The zero-order chi connectivity index (χ0) is 7.66. The van der Waals surface area contributed by atoms with Crippen molar-refractivity contribution in [1.29, 1.82) is 0 Å². The lowest BCUT2D eigenvalue weighted by molar-refractivity contribution is 0.283. The molecular formula is C8H17NO. The molecule has 0 aromatic heterocycles. The monoisotopic (exact) mass is 143 g/mol. The molecule has 0 fully saturated rings. The van der Waals surface area contributed by atoms with E-state index in [4.69, 9.17) is 5.11 Å². The van der Waals surface area contributed by atoms with Gasteiger partial charge in [-0.05, 0) is 32.4 Å². The van der Waals surface area contributed by atoms with Gasteiger partial charge in [-0.15, -0.1) is 0 Å². The molecule has 0 unspecified atom stereocenters. The molecule has 0 saturated heterocycles. The number of unbranched alkanes of at least 4 members (excludes halogenated alkanes) is 3. The minimum atomic E-state index is 0.324. The largest absolute Gasteiger partial charge is 0.396 e. The summed E-state index contributed by atoms with van der Waals surface area (Å²) >= 11 is 0. The number of nitrogens with zero attached hydrogens (tertiary/aromatic N) is 1. The van der Waals surface area contributed by atoms with E-state index in [9.17, 15) is 0 Å². The molecule has 0 bridgehead atoms. The van der Waals surface area contributed by atoms with Gasteiger partial charge in [-0.25, -0.2) is 0 Å². The van der Waals surface area contributed by atoms with Crippen molar-refractivity contribution in [1.82, 2.24) is 0 Å². The molecule has 0 saturated carbocycles. The molecule has 0 rings (SSSR count). The van der Waals surface area contributed by atoms with Crippen LogP contribution < -0.4 is 0 Å². The predicted octanol–water partition coefficient (Wildman–Crippen LogP) is 1.63. The minimum absolute atomic E-state index is 0.324. The third-order valence-electron chi connectivity index (χ3n) is 1.30. The van der Waals surface area contributed by atoms with Gasteiger partial charge in [0.15, 0.2) is 0 Å². The van der Waals surface area contributed by atoms with Crippen LogP contribution in [-0.4, -0.2) is 24.5 Å². The van der Waals surface area contributed by atoms with Crippen LogP contribution in [0.4, 0.5) is 0 Å². The maximum Gasteiger partial charge on any atom is 0.0431 e. The van der Waals surface area contributed by atoms with Crippen LogP contribution in [0.25, 0.3) is 0 Å². The lowest BCUT2D eigenvalue weighted by atomic mass is 10.2. The Labute approximate surface area is 63.0 Å². The van der Waals surface area contributed by atoms with Gasteiger partial charge in [0.25, 0.3) is 0 Å². The summed E-state index contributed by atoms with van der Waals surface area (Å²) in [5.41, 5.74) is 0. The quantitative estimate of drug-likeness (QED) is 0.445. The molecule has 0 radical (unpaired) electrons. The van der Waals surface area contributed by atoms with Gasteiger partial charge in [0.05, 0.1) is 0 Å². The molecule has 60 valence electrons. The van der Waals surface area contributed by atoms with Crippen molar-refractivity contribution < 1.29 is 5.11 Å². The molecular weight excluding hydrogens is 126 g/mol. The Morgan fingerprint density at radius 1 is 1.30 bits per heavy atom. The fourth-order valence-electron chi connectivity index (χ4n) is 0.745. The van der Waals surface area contributed by atoms with Crippen LogP contribution in [0.15, 0.2) is 4.99 Å². The van der Waals surface area contributed by atoms with Crippen LogP contribution in [0, 0.1) is 0 Å². The molecule has 2 nitrogen and oxygen atoms in total. The van der Waals surface area contributed by atoms with Gasteiger partial charge in [0.1, 0.15) is 0 Å². The standard InChI is InChI=1S/C8H17NO/c1-2-9-7-5-3-4-6-8-10/h7,10H,2-6,8H2,1H3. The van der Waals surface area contributed by atoms with E-state index in [-0.39, 0.29) is 0 Å². The fraction of sp³-hybridized carbons (Fsp3) is 0.875. The summed E-state index contributed by atoms with van der Waals surface area (Å²) in [6.07, 6.45) is 6.24. The average molecular weight is 143 g/mol. The molecule has 2 heteroatoms. The molecule has 0 aromatic rings. The van der Waals surface area contributed by atoms with E-state index in [1.165, 1.54) is 0 Å². The highest BCUT2D eigenvalue weighted by Crippen LogP contribution is 1.96. The fourth-order valence-corrected chi connectivity index (χ4v) is 0.745. The van der Waals surface area contributed by atoms with E-state index >= 15 is 0 Å². The molecule has 0 heterocycles. The molecule has 0 atom stereocenters. The summed E-state index contributed by atoms with van der Waals surface area (Å²) in [4.78, 5) is 4.08. The smallest absolute Gasteiger partial charge is 0.0431 e. The Bertz CT molecular complexity index is 81.3. The first kappa shape index (κ1) is 9.63. The lowest BCUT2D eigenvalue weighted by Gasteiger charge is -1.92. The molecule has 1 N–H and O–H groups in total. The number of aliphatic imine (C=N–C) groups is 1. The first-order valence-corrected chi connectivity index (χ1v) is 4.01. The van der Waals surface area contributed by atoms with Crippen LogP contribution in [0.2, 0.25) is 0 Å². The van der Waals surface area contributed by atoms with Crippen LogP contribution >= 0.6 is 0 Å². The van der Waals surface area contributed by atoms with E-state index in [2.05, 4.69) is 4.99 Å². The van der Waals surface area contributed by atoms with Crippen molar-refractivity contribution in [3.63, 3.8) is 0 Å². The highest BCUT2D eigenvalue weighted by molar-refractivity contribution is 5.56. The zero-order valence-electron chi connectivity index (χ0n) is 6.71. The third kappa shape index (κ3) is 7.63. The van der Waals surface area contributed by atoms with Gasteiger partial charge in [0.2, 0.25) is 0 Å². The second-order valence-electron chi connectivity index (χ2n) is 2.25. The van der Waals surface area contributed by atoms with Crippen molar-refractivity contribution in [3.8, 4) is 0 Å². The van der Waals surface area contributed by atoms with Crippen molar-refractivity contribution in [3.05, 3.63) is 0 Å². The van der Waals surface area contributed by atoms with Crippen molar-refractivity contribution >= 4 is 6.21 Å². The highest BCUT2D eigenvalue weighted by atomic mass is 16.2. The molecule has 0 spiro atoms. The van der Waals surface area contributed by atoms with Gasteiger partial charge in [-0.3, -0.25) is 4.99 Å². The Kier molecular flexibility index (Phi) is 8.31. The molecule has 0 aliphatic carbocycles. The van der Waals surface area contributed by atoms with Gasteiger partial charge < -0.3 is 5.11 Å². The van der Waals surface area contributed by atoms with Gasteiger partial charge >= 0.3 is 0 Å². The number of aliphatic hydroxyl groups is 1. The molecule has 0 amide bonds. The molecule has 10 heavy (non-hydrogen) atoms. The Hall–Kier alpha value is -0.370. The van der Waals surface area contributed by atoms with Crippen LogP contribution in [0.3, 0.4) is 0 Å². The van der Waals surface area contributed by atoms with Crippen molar-refractivity contribution in [2.45, 2.75) is 32.6 Å². The van der Waals surface area contributed by atoms with Crippen molar-refractivity contribution in [2.24, 2.45) is 4.99 Å². The maximum atomic E-state index is 8.44. The predicted molar refractivity (Wildman–Crippen MR) is 44.6 cm³/mol. The summed E-state index contributed by atoms with van der Waals surface area (Å²) in [5, 5.41) is 8.44. The molecule has 0 aromatic carbocycles. The summed E-state index contributed by atoms with van der Waals surface area (Å²) in [5.74, 6) is 0. The Morgan fingerprint density at radius 2 is 2.10 bits per heavy atom. The van der Waals surface area contributed by atoms with E-state index in [0.717, 1.165) is 32.2 Å². The van der Waals surface area contributed by atoms with E-state index < -0.39 is 0 Å².